The molecule has 24 heavy (non-hydrogen) atoms. The maximum absolute atomic E-state index is 11.8. The number of aromatic nitrogens is 2. The monoisotopic (exact) mass is 334 g/mol. The molecule has 2 aromatic rings. The number of unbranched alkanes of at least 4 members (excludes halogenated alkanes) is 1. The molecule has 1 unspecified atom stereocenters. The lowest BCUT2D eigenvalue weighted by molar-refractivity contribution is 0.0360. The molecule has 7 nitrogen and oxygen atoms in total. The third-order valence-corrected chi connectivity index (χ3v) is 3.90. The van der Waals surface area contributed by atoms with Gasteiger partial charge in [-0.3, -0.25) is 0 Å². The summed E-state index contributed by atoms with van der Waals surface area (Å²) in [4.78, 5) is 16.0. The Bertz CT molecular complexity index is 660. The quantitative estimate of drug-likeness (QED) is 0.645. The van der Waals surface area contributed by atoms with Gasteiger partial charge >= 0.3 is 6.03 Å². The SMILES string of the molecule is Cc1ccc(C(C)(O)CNC(=O)NCCCCn2ccnc2C)o1. The van der Waals surface area contributed by atoms with Gasteiger partial charge in [0.15, 0.2) is 0 Å². The highest BCUT2D eigenvalue weighted by atomic mass is 16.4. The van der Waals surface area contributed by atoms with Crippen molar-refractivity contribution in [3.8, 4) is 0 Å². The van der Waals surface area contributed by atoms with Crippen LogP contribution in [0.25, 0.3) is 0 Å². The molecule has 0 saturated heterocycles. The number of imidazole rings is 1. The first-order valence-electron chi connectivity index (χ1n) is 8.17. The summed E-state index contributed by atoms with van der Waals surface area (Å²) in [7, 11) is 0. The van der Waals surface area contributed by atoms with E-state index in [2.05, 4.69) is 20.2 Å². The van der Waals surface area contributed by atoms with E-state index in [4.69, 9.17) is 4.42 Å². The van der Waals surface area contributed by atoms with Gasteiger partial charge in [-0.15, -0.1) is 0 Å². The Hall–Kier alpha value is -2.28. The molecule has 0 aromatic carbocycles. The molecule has 132 valence electrons. The predicted octanol–water partition coefficient (Wildman–Crippen LogP) is 2.08. The molecule has 2 aromatic heterocycles. The van der Waals surface area contributed by atoms with Crippen LogP contribution in [0.1, 0.15) is 37.1 Å². The van der Waals surface area contributed by atoms with Crippen LogP contribution in [0.15, 0.2) is 28.9 Å². The largest absolute Gasteiger partial charge is 0.463 e. The van der Waals surface area contributed by atoms with E-state index >= 15 is 0 Å². The summed E-state index contributed by atoms with van der Waals surface area (Å²) in [6.45, 7) is 6.95. The molecule has 0 bridgehead atoms. The lowest BCUT2D eigenvalue weighted by Gasteiger charge is -2.21. The van der Waals surface area contributed by atoms with Crippen molar-refractivity contribution in [2.75, 3.05) is 13.1 Å². The third kappa shape index (κ3) is 5.13. The number of carbonyl (C=O) groups excluding carboxylic acids is 1. The molecule has 0 radical (unpaired) electrons. The van der Waals surface area contributed by atoms with Crippen molar-refractivity contribution >= 4 is 6.03 Å². The molecular formula is C17H26N4O3. The normalized spacial score (nSPS) is 13.5. The fourth-order valence-corrected chi connectivity index (χ4v) is 2.38. The molecule has 3 N–H and O–H groups in total. The second kappa shape index (κ2) is 8.01. The second-order valence-electron chi connectivity index (χ2n) is 6.17. The van der Waals surface area contributed by atoms with E-state index in [1.54, 1.807) is 25.3 Å². The number of hydrogen-bond acceptors (Lipinski definition) is 4. The minimum absolute atomic E-state index is 0.0834. The standard InChI is InChI=1S/C17H26N4O3/c1-13-6-7-15(24-13)17(3,23)12-20-16(22)19-8-4-5-10-21-11-9-18-14(21)2/h6-7,9,11,23H,4-5,8,10,12H2,1-3H3,(H2,19,20,22). The highest BCUT2D eigenvalue weighted by molar-refractivity contribution is 5.73. The van der Waals surface area contributed by atoms with Crippen LogP contribution in [0.3, 0.4) is 0 Å². The highest BCUT2D eigenvalue weighted by Gasteiger charge is 2.27. The van der Waals surface area contributed by atoms with E-state index in [1.165, 1.54) is 0 Å². The zero-order valence-electron chi connectivity index (χ0n) is 14.5. The van der Waals surface area contributed by atoms with Crippen molar-refractivity contribution in [3.05, 3.63) is 41.9 Å². The number of nitrogens with one attached hydrogen (secondary N) is 2. The van der Waals surface area contributed by atoms with E-state index in [0.717, 1.165) is 31.0 Å². The molecule has 1 atom stereocenters. The van der Waals surface area contributed by atoms with Crippen molar-refractivity contribution < 1.29 is 14.3 Å². The Morgan fingerprint density at radius 1 is 1.33 bits per heavy atom. The maximum Gasteiger partial charge on any atom is 0.314 e. The molecule has 7 heteroatoms. The van der Waals surface area contributed by atoms with E-state index in [9.17, 15) is 9.90 Å². The van der Waals surface area contributed by atoms with Crippen molar-refractivity contribution in [1.29, 1.82) is 0 Å². The van der Waals surface area contributed by atoms with Crippen LogP contribution in [0.5, 0.6) is 0 Å². The van der Waals surface area contributed by atoms with Gasteiger partial charge in [-0.05, 0) is 45.7 Å². The fraction of sp³-hybridized carbons (Fsp3) is 0.529. The van der Waals surface area contributed by atoms with Gasteiger partial charge in [0.05, 0.1) is 6.54 Å². The van der Waals surface area contributed by atoms with Gasteiger partial charge < -0.3 is 24.7 Å². The molecule has 2 heterocycles. The van der Waals surface area contributed by atoms with Gasteiger partial charge in [0.1, 0.15) is 22.9 Å². The zero-order chi connectivity index (χ0) is 17.6. The average Bonchev–Trinajstić information content (AvgIpc) is 3.14. The van der Waals surface area contributed by atoms with Crippen molar-refractivity contribution in [2.24, 2.45) is 0 Å². The average molecular weight is 334 g/mol. The van der Waals surface area contributed by atoms with Crippen LogP contribution in [-0.2, 0) is 12.1 Å². The number of hydrogen-bond donors (Lipinski definition) is 3. The van der Waals surface area contributed by atoms with Gasteiger partial charge in [-0.25, -0.2) is 9.78 Å². The maximum atomic E-state index is 11.8. The Balaban J connectivity index is 1.62. The van der Waals surface area contributed by atoms with Gasteiger partial charge in [0.25, 0.3) is 0 Å². The summed E-state index contributed by atoms with van der Waals surface area (Å²) in [6.07, 6.45) is 5.57. The molecule has 0 aliphatic rings. The summed E-state index contributed by atoms with van der Waals surface area (Å²) in [6, 6.07) is 3.20. The number of amides is 2. The van der Waals surface area contributed by atoms with Crippen LogP contribution in [0, 0.1) is 13.8 Å². The fourth-order valence-electron chi connectivity index (χ4n) is 2.38. The van der Waals surface area contributed by atoms with Crippen molar-refractivity contribution in [3.63, 3.8) is 0 Å². The first kappa shape index (κ1) is 18.1. The Kier molecular flexibility index (Phi) is 6.03. The summed E-state index contributed by atoms with van der Waals surface area (Å²) in [5.41, 5.74) is -1.23. The topological polar surface area (TPSA) is 92.3 Å². The van der Waals surface area contributed by atoms with Crippen LogP contribution < -0.4 is 10.6 Å². The molecule has 0 fully saturated rings. The zero-order valence-corrected chi connectivity index (χ0v) is 14.5. The number of rotatable bonds is 8. The number of aryl methyl sites for hydroxylation is 3. The van der Waals surface area contributed by atoms with Crippen LogP contribution in [0.4, 0.5) is 4.79 Å². The number of nitrogens with zero attached hydrogens (tertiary/aromatic N) is 2. The van der Waals surface area contributed by atoms with Crippen molar-refractivity contribution in [2.45, 2.75) is 45.8 Å². The van der Waals surface area contributed by atoms with E-state index in [-0.39, 0.29) is 12.6 Å². The van der Waals surface area contributed by atoms with Gasteiger partial charge in [-0.2, -0.15) is 0 Å². The van der Waals surface area contributed by atoms with E-state index < -0.39 is 5.60 Å². The second-order valence-corrected chi connectivity index (χ2v) is 6.17. The minimum atomic E-state index is -1.23. The minimum Gasteiger partial charge on any atom is -0.463 e. The third-order valence-electron chi connectivity index (χ3n) is 3.90. The first-order chi connectivity index (χ1) is 11.4. The predicted molar refractivity (Wildman–Crippen MR) is 90.6 cm³/mol. The summed E-state index contributed by atoms with van der Waals surface area (Å²) < 4.78 is 7.50. The molecule has 2 rings (SSSR count). The van der Waals surface area contributed by atoms with Crippen LogP contribution >= 0.6 is 0 Å². The Labute approximate surface area is 142 Å². The van der Waals surface area contributed by atoms with Gasteiger partial charge in [-0.1, -0.05) is 0 Å². The summed E-state index contributed by atoms with van der Waals surface area (Å²) in [5, 5.41) is 15.8. The summed E-state index contributed by atoms with van der Waals surface area (Å²) in [5.74, 6) is 2.16. The molecule has 2 amide bonds. The van der Waals surface area contributed by atoms with Crippen LogP contribution in [-0.4, -0.2) is 33.8 Å². The first-order valence-corrected chi connectivity index (χ1v) is 8.17. The molecule has 0 aliphatic carbocycles. The van der Waals surface area contributed by atoms with Gasteiger partial charge in [0.2, 0.25) is 0 Å². The lowest BCUT2D eigenvalue weighted by atomic mass is 10.0. The van der Waals surface area contributed by atoms with Crippen molar-refractivity contribution in [1.82, 2.24) is 20.2 Å². The van der Waals surface area contributed by atoms with E-state index in [0.29, 0.717) is 12.3 Å². The number of aliphatic hydroxyl groups is 1. The van der Waals surface area contributed by atoms with Crippen LogP contribution in [0.2, 0.25) is 0 Å². The van der Waals surface area contributed by atoms with E-state index in [1.807, 2.05) is 20.0 Å². The molecule has 0 spiro atoms. The smallest absolute Gasteiger partial charge is 0.314 e. The summed E-state index contributed by atoms with van der Waals surface area (Å²) >= 11 is 0. The molecule has 0 aliphatic heterocycles. The number of carbonyl (C=O) groups is 1. The van der Waals surface area contributed by atoms with Gasteiger partial charge in [0, 0.05) is 25.5 Å². The Morgan fingerprint density at radius 2 is 2.12 bits per heavy atom. The number of furan rings is 1. The molecule has 0 saturated carbocycles. The Morgan fingerprint density at radius 3 is 2.75 bits per heavy atom. The lowest BCUT2D eigenvalue weighted by Crippen LogP contribution is -2.43. The highest BCUT2D eigenvalue weighted by Crippen LogP contribution is 2.21. The molecular weight excluding hydrogens is 308 g/mol. The number of urea groups is 1.